The molecule has 1 atom stereocenters. The number of hydrogen-bond donors (Lipinski definition) is 1. The van der Waals surface area contributed by atoms with E-state index in [4.69, 9.17) is 4.74 Å². The minimum absolute atomic E-state index is 0.0245. The van der Waals surface area contributed by atoms with E-state index in [0.29, 0.717) is 13.2 Å². The van der Waals surface area contributed by atoms with Crippen molar-refractivity contribution in [2.24, 2.45) is 0 Å². The molecule has 6 heteroatoms. The van der Waals surface area contributed by atoms with Crippen LogP contribution in [0.3, 0.4) is 0 Å². The highest BCUT2D eigenvalue weighted by molar-refractivity contribution is 7.09. The molecule has 84 valence electrons. The highest BCUT2D eigenvalue weighted by Crippen LogP contribution is 2.21. The molecule has 0 saturated carbocycles. The molecule has 0 bridgehead atoms. The van der Waals surface area contributed by atoms with E-state index in [1.807, 2.05) is 6.92 Å². The Labute approximate surface area is 92.9 Å². The number of aliphatic hydroxyl groups excluding tert-OH is 1. The molecule has 1 N–H and O–H groups in total. The van der Waals surface area contributed by atoms with Crippen molar-refractivity contribution in [3.8, 4) is 0 Å². The summed E-state index contributed by atoms with van der Waals surface area (Å²) >= 11 is 1.40. The maximum Gasteiger partial charge on any atom is 0.205 e. The Morgan fingerprint density at radius 1 is 1.67 bits per heavy atom. The number of aryl methyl sites for hydroxylation is 1. The van der Waals surface area contributed by atoms with Crippen molar-refractivity contribution in [1.82, 2.24) is 9.36 Å². The summed E-state index contributed by atoms with van der Waals surface area (Å²) in [5.41, 5.74) is 0. The van der Waals surface area contributed by atoms with Crippen LogP contribution >= 0.6 is 11.5 Å². The van der Waals surface area contributed by atoms with Crippen molar-refractivity contribution >= 4 is 16.7 Å². The summed E-state index contributed by atoms with van der Waals surface area (Å²) < 4.78 is 9.56. The van der Waals surface area contributed by atoms with Crippen molar-refractivity contribution < 1.29 is 9.84 Å². The first kappa shape index (κ1) is 10.8. The van der Waals surface area contributed by atoms with Crippen molar-refractivity contribution in [2.75, 3.05) is 31.3 Å². The Hall–Kier alpha value is -0.720. The van der Waals surface area contributed by atoms with Crippen LogP contribution < -0.4 is 4.90 Å². The monoisotopic (exact) mass is 229 g/mol. The third-order valence-corrected chi connectivity index (χ3v) is 3.25. The number of aromatic nitrogens is 2. The smallest absolute Gasteiger partial charge is 0.205 e. The zero-order valence-electron chi connectivity index (χ0n) is 8.72. The van der Waals surface area contributed by atoms with E-state index in [2.05, 4.69) is 14.3 Å². The molecule has 1 aromatic rings. The Balaban J connectivity index is 2.12. The lowest BCUT2D eigenvalue weighted by Gasteiger charge is -2.33. The van der Waals surface area contributed by atoms with Gasteiger partial charge in [0.2, 0.25) is 5.13 Å². The molecule has 1 aliphatic rings. The van der Waals surface area contributed by atoms with E-state index in [9.17, 15) is 5.11 Å². The number of morpholine rings is 1. The lowest BCUT2D eigenvalue weighted by molar-refractivity contribution is 0.0727. The molecule has 1 aliphatic heterocycles. The van der Waals surface area contributed by atoms with Crippen LogP contribution in [0.2, 0.25) is 0 Å². The maximum atomic E-state index is 9.22. The Kier molecular flexibility index (Phi) is 3.50. The van der Waals surface area contributed by atoms with Crippen LogP contribution in [0.15, 0.2) is 0 Å². The molecule has 5 nitrogen and oxygen atoms in total. The molecule has 1 unspecified atom stereocenters. The van der Waals surface area contributed by atoms with Crippen LogP contribution in [-0.2, 0) is 11.2 Å². The standard InChI is InChI=1S/C9H15N3O2S/c1-2-8-10-9(15-11-8)12-3-4-14-6-7(12)5-13/h7,13H,2-6H2,1H3. The fourth-order valence-corrected chi connectivity index (χ4v) is 2.41. The first-order chi connectivity index (χ1) is 7.35. The van der Waals surface area contributed by atoms with Gasteiger partial charge in [0.25, 0.3) is 0 Å². The van der Waals surface area contributed by atoms with Crippen molar-refractivity contribution in [2.45, 2.75) is 19.4 Å². The van der Waals surface area contributed by atoms with Crippen LogP contribution in [0.5, 0.6) is 0 Å². The maximum absolute atomic E-state index is 9.22. The molecule has 0 aliphatic carbocycles. The van der Waals surface area contributed by atoms with Crippen molar-refractivity contribution in [3.05, 3.63) is 5.82 Å². The van der Waals surface area contributed by atoms with Gasteiger partial charge in [0, 0.05) is 24.5 Å². The van der Waals surface area contributed by atoms with Crippen LogP contribution in [0, 0.1) is 0 Å². The molecule has 1 saturated heterocycles. The summed E-state index contributed by atoms with van der Waals surface area (Å²) in [5.74, 6) is 0.873. The average Bonchev–Trinajstić information content (AvgIpc) is 2.77. The Morgan fingerprint density at radius 3 is 3.20 bits per heavy atom. The molecule has 2 rings (SSSR count). The number of anilines is 1. The molecule has 1 fully saturated rings. The highest BCUT2D eigenvalue weighted by atomic mass is 32.1. The number of hydrogen-bond acceptors (Lipinski definition) is 6. The molecule has 0 aromatic carbocycles. The van der Waals surface area contributed by atoms with Crippen molar-refractivity contribution in [1.29, 1.82) is 0 Å². The molecule has 1 aromatic heterocycles. The fraction of sp³-hybridized carbons (Fsp3) is 0.778. The molecule has 0 amide bonds. The Bertz CT molecular complexity index is 318. The third-order valence-electron chi connectivity index (χ3n) is 2.46. The van der Waals surface area contributed by atoms with Crippen LogP contribution in [0.1, 0.15) is 12.7 Å². The SMILES string of the molecule is CCc1nsc(N2CCOCC2CO)n1. The van der Waals surface area contributed by atoms with E-state index >= 15 is 0 Å². The second-order valence-electron chi connectivity index (χ2n) is 3.45. The summed E-state index contributed by atoms with van der Waals surface area (Å²) in [6.07, 6.45) is 0.852. The first-order valence-electron chi connectivity index (χ1n) is 5.13. The lowest BCUT2D eigenvalue weighted by atomic mass is 10.2. The van der Waals surface area contributed by atoms with Crippen LogP contribution in [-0.4, -0.2) is 46.9 Å². The predicted molar refractivity (Wildman–Crippen MR) is 58.3 cm³/mol. The van der Waals surface area contributed by atoms with Crippen LogP contribution in [0.4, 0.5) is 5.13 Å². The van der Waals surface area contributed by atoms with Gasteiger partial charge in [-0.25, -0.2) is 4.98 Å². The van der Waals surface area contributed by atoms with Gasteiger partial charge in [-0.3, -0.25) is 0 Å². The van der Waals surface area contributed by atoms with Gasteiger partial charge in [0.15, 0.2) is 0 Å². The largest absolute Gasteiger partial charge is 0.394 e. The molecule has 2 heterocycles. The molecular weight excluding hydrogens is 214 g/mol. The zero-order valence-corrected chi connectivity index (χ0v) is 9.53. The predicted octanol–water partition coefficient (Wildman–Crippen LogP) is 0.298. The van der Waals surface area contributed by atoms with E-state index in [1.54, 1.807) is 0 Å². The van der Waals surface area contributed by atoms with Gasteiger partial charge in [-0.15, -0.1) is 0 Å². The molecule has 0 spiro atoms. The summed E-state index contributed by atoms with van der Waals surface area (Å²) in [6.45, 7) is 4.17. The lowest BCUT2D eigenvalue weighted by Crippen LogP contribution is -2.47. The molecule has 15 heavy (non-hydrogen) atoms. The van der Waals surface area contributed by atoms with Gasteiger partial charge < -0.3 is 14.7 Å². The van der Waals surface area contributed by atoms with Gasteiger partial charge in [0.1, 0.15) is 5.82 Å². The van der Waals surface area contributed by atoms with E-state index < -0.39 is 0 Å². The van der Waals surface area contributed by atoms with E-state index in [-0.39, 0.29) is 12.6 Å². The highest BCUT2D eigenvalue weighted by Gasteiger charge is 2.25. The zero-order chi connectivity index (χ0) is 10.7. The van der Waals surface area contributed by atoms with Gasteiger partial charge in [-0.2, -0.15) is 4.37 Å². The van der Waals surface area contributed by atoms with Gasteiger partial charge in [-0.1, -0.05) is 6.92 Å². The quantitative estimate of drug-likeness (QED) is 0.807. The number of ether oxygens (including phenoxy) is 1. The first-order valence-corrected chi connectivity index (χ1v) is 5.90. The average molecular weight is 229 g/mol. The summed E-state index contributed by atoms with van der Waals surface area (Å²) in [6, 6.07) is 0.0245. The van der Waals surface area contributed by atoms with Gasteiger partial charge in [0.05, 0.1) is 25.9 Å². The van der Waals surface area contributed by atoms with Crippen LogP contribution in [0.25, 0.3) is 0 Å². The second kappa shape index (κ2) is 4.87. The topological polar surface area (TPSA) is 58.5 Å². The number of nitrogens with zero attached hydrogens (tertiary/aromatic N) is 3. The normalized spacial score (nSPS) is 22.0. The second-order valence-corrected chi connectivity index (χ2v) is 4.18. The summed E-state index contributed by atoms with van der Waals surface area (Å²) in [7, 11) is 0. The minimum atomic E-state index is 0.0245. The number of aliphatic hydroxyl groups is 1. The summed E-state index contributed by atoms with van der Waals surface area (Å²) in [5, 5.41) is 10.1. The van der Waals surface area contributed by atoms with Gasteiger partial charge in [-0.05, 0) is 0 Å². The third kappa shape index (κ3) is 2.27. The number of rotatable bonds is 3. The van der Waals surface area contributed by atoms with E-state index in [0.717, 1.165) is 23.9 Å². The van der Waals surface area contributed by atoms with Gasteiger partial charge >= 0.3 is 0 Å². The fourth-order valence-electron chi connectivity index (χ4n) is 1.56. The summed E-state index contributed by atoms with van der Waals surface area (Å²) in [4.78, 5) is 6.50. The Morgan fingerprint density at radius 2 is 2.53 bits per heavy atom. The molecular formula is C9H15N3O2S. The van der Waals surface area contributed by atoms with Crippen molar-refractivity contribution in [3.63, 3.8) is 0 Å². The minimum Gasteiger partial charge on any atom is -0.394 e. The molecule has 0 radical (unpaired) electrons. The van der Waals surface area contributed by atoms with E-state index in [1.165, 1.54) is 11.5 Å².